The van der Waals surface area contributed by atoms with Gasteiger partial charge in [0.15, 0.2) is 11.5 Å². The van der Waals surface area contributed by atoms with Crippen LogP contribution in [0.2, 0.25) is 5.02 Å². The second-order valence-electron chi connectivity index (χ2n) is 8.03. The number of nitrogens with zero attached hydrogens (tertiary/aromatic N) is 6. The fourth-order valence-electron chi connectivity index (χ4n) is 4.16. The molecule has 1 aliphatic heterocycles. The highest BCUT2D eigenvalue weighted by Gasteiger charge is 2.24. The molecule has 1 fully saturated rings. The number of methoxy groups -OCH3 is 1. The van der Waals surface area contributed by atoms with Crippen molar-refractivity contribution in [3.8, 4) is 17.0 Å². The number of amides is 1. The van der Waals surface area contributed by atoms with Crippen LogP contribution in [0.3, 0.4) is 0 Å². The van der Waals surface area contributed by atoms with Crippen molar-refractivity contribution >= 4 is 34.7 Å². The van der Waals surface area contributed by atoms with Crippen molar-refractivity contribution in [1.29, 1.82) is 0 Å². The lowest BCUT2D eigenvalue weighted by atomic mass is 10.1. The summed E-state index contributed by atoms with van der Waals surface area (Å²) in [4.78, 5) is 19.9. The highest BCUT2D eigenvalue weighted by atomic mass is 35.5. The third-order valence-electron chi connectivity index (χ3n) is 5.89. The van der Waals surface area contributed by atoms with Crippen molar-refractivity contribution in [2.24, 2.45) is 0 Å². The molecule has 0 radical (unpaired) electrons. The molecule has 0 aliphatic carbocycles. The van der Waals surface area contributed by atoms with Gasteiger partial charge in [0.25, 0.3) is 5.91 Å². The molecule has 12 heteroatoms. The lowest BCUT2D eigenvalue weighted by Crippen LogP contribution is -2.38. The summed E-state index contributed by atoms with van der Waals surface area (Å²) >= 11 is 6.34. The normalized spacial score (nSPS) is 14.3. The summed E-state index contributed by atoms with van der Waals surface area (Å²) in [6, 6.07) is 7.05. The highest BCUT2D eigenvalue weighted by Crippen LogP contribution is 2.37. The molecular formula is C23H25ClN8O3. The van der Waals surface area contributed by atoms with Crippen molar-refractivity contribution in [3.05, 3.63) is 53.4 Å². The van der Waals surface area contributed by atoms with Crippen LogP contribution in [0, 0.1) is 0 Å². The van der Waals surface area contributed by atoms with Gasteiger partial charge in [-0.25, -0.2) is 9.50 Å². The summed E-state index contributed by atoms with van der Waals surface area (Å²) < 4.78 is 14.4. The van der Waals surface area contributed by atoms with Crippen molar-refractivity contribution in [1.82, 2.24) is 29.3 Å². The predicted molar refractivity (Wildman–Crippen MR) is 132 cm³/mol. The number of ether oxygens (including phenoxy) is 2. The first-order chi connectivity index (χ1) is 17.0. The fraction of sp³-hybridized carbons (Fsp3) is 0.304. The number of carbonyl (C=O) groups excluding carboxylic acids is 1. The smallest absolute Gasteiger partial charge is 0.263 e. The molecule has 1 saturated heterocycles. The number of morpholine rings is 1. The Hall–Kier alpha value is -3.67. The van der Waals surface area contributed by atoms with E-state index in [1.54, 1.807) is 50.0 Å². The van der Waals surface area contributed by atoms with Crippen LogP contribution in [0.5, 0.6) is 5.75 Å². The molecule has 3 aromatic heterocycles. The van der Waals surface area contributed by atoms with Crippen LogP contribution in [0.1, 0.15) is 10.4 Å². The molecule has 0 bridgehead atoms. The number of benzene rings is 1. The lowest BCUT2D eigenvalue weighted by molar-refractivity contribution is 0.0360. The molecule has 35 heavy (non-hydrogen) atoms. The third-order valence-corrected chi connectivity index (χ3v) is 6.12. The Kier molecular flexibility index (Phi) is 6.53. The number of fused-ring (bicyclic) bond motifs is 1. The van der Waals surface area contributed by atoms with Crippen LogP contribution >= 0.6 is 11.6 Å². The van der Waals surface area contributed by atoms with Crippen molar-refractivity contribution < 1.29 is 14.3 Å². The van der Waals surface area contributed by atoms with Crippen LogP contribution in [0.4, 0.5) is 11.5 Å². The SMILES string of the molecule is COc1ccc(Cl)cc1-c1c(NC(=O)c2c(N)nn3cccnc23)cnn1CCN1CCOCC1. The summed E-state index contributed by atoms with van der Waals surface area (Å²) in [5, 5.41) is 12.2. The van der Waals surface area contributed by atoms with E-state index >= 15 is 0 Å². The van der Waals surface area contributed by atoms with Gasteiger partial charge < -0.3 is 20.5 Å². The molecule has 3 N–H and O–H groups in total. The van der Waals surface area contributed by atoms with Crippen LogP contribution < -0.4 is 15.8 Å². The van der Waals surface area contributed by atoms with E-state index in [0.29, 0.717) is 53.1 Å². The second-order valence-corrected chi connectivity index (χ2v) is 8.47. The monoisotopic (exact) mass is 496 g/mol. The predicted octanol–water partition coefficient (Wildman–Crippen LogP) is 2.42. The Bertz CT molecular complexity index is 1360. The number of carbonyl (C=O) groups is 1. The molecule has 182 valence electrons. The minimum absolute atomic E-state index is 0.0859. The zero-order valence-electron chi connectivity index (χ0n) is 19.1. The van der Waals surface area contributed by atoms with Crippen molar-refractivity contribution in [3.63, 3.8) is 0 Å². The first-order valence-electron chi connectivity index (χ1n) is 11.1. The number of rotatable bonds is 7. The maximum atomic E-state index is 13.3. The summed E-state index contributed by atoms with van der Waals surface area (Å²) in [5.41, 5.74) is 8.48. The van der Waals surface area contributed by atoms with Gasteiger partial charge in [0.2, 0.25) is 0 Å². The van der Waals surface area contributed by atoms with Crippen molar-refractivity contribution in [2.45, 2.75) is 6.54 Å². The first kappa shape index (κ1) is 23.1. The molecule has 0 saturated carbocycles. The van der Waals surface area contributed by atoms with E-state index in [0.717, 1.165) is 19.6 Å². The molecule has 1 amide bonds. The minimum Gasteiger partial charge on any atom is -0.496 e. The standard InChI is InChI=1S/C23H25ClN8O3/c1-34-18-4-3-15(24)13-16(18)20-17(14-27-31(20)8-7-30-9-11-35-12-10-30)28-23(33)19-21(25)29-32-6-2-5-26-22(19)32/h2-6,13-14H,7-12H2,1H3,(H2,25,29)(H,28,33). The largest absolute Gasteiger partial charge is 0.496 e. The number of hydrogen-bond donors (Lipinski definition) is 2. The summed E-state index contributed by atoms with van der Waals surface area (Å²) in [5.74, 6) is 0.254. The molecule has 4 heterocycles. The Balaban J connectivity index is 1.51. The van der Waals surface area contributed by atoms with E-state index in [1.165, 1.54) is 4.52 Å². The van der Waals surface area contributed by atoms with Crippen LogP contribution in [-0.4, -0.2) is 75.1 Å². The van der Waals surface area contributed by atoms with Gasteiger partial charge in [-0.3, -0.25) is 14.4 Å². The Labute approximate surface area is 206 Å². The molecule has 4 aromatic rings. The molecule has 0 spiro atoms. The highest BCUT2D eigenvalue weighted by molar-refractivity contribution is 6.31. The molecule has 11 nitrogen and oxygen atoms in total. The zero-order chi connectivity index (χ0) is 24.4. The quantitative estimate of drug-likeness (QED) is 0.399. The summed E-state index contributed by atoms with van der Waals surface area (Å²) in [6.07, 6.45) is 4.88. The summed E-state index contributed by atoms with van der Waals surface area (Å²) in [6.45, 7) is 4.53. The molecule has 1 aromatic carbocycles. The zero-order valence-corrected chi connectivity index (χ0v) is 19.9. The number of hydrogen-bond acceptors (Lipinski definition) is 8. The summed E-state index contributed by atoms with van der Waals surface area (Å²) in [7, 11) is 1.59. The van der Waals surface area contributed by atoms with E-state index in [-0.39, 0.29) is 11.4 Å². The lowest BCUT2D eigenvalue weighted by Gasteiger charge is -2.26. The number of halogens is 1. The molecular weight excluding hydrogens is 472 g/mol. The van der Waals surface area contributed by atoms with Gasteiger partial charge >= 0.3 is 0 Å². The van der Waals surface area contributed by atoms with Gasteiger partial charge in [-0.15, -0.1) is 5.10 Å². The Morgan fingerprint density at radius 2 is 2.11 bits per heavy atom. The van der Waals surface area contributed by atoms with E-state index in [4.69, 9.17) is 26.8 Å². The first-order valence-corrected chi connectivity index (χ1v) is 11.5. The van der Waals surface area contributed by atoms with E-state index in [9.17, 15) is 4.79 Å². The Morgan fingerprint density at radius 1 is 1.29 bits per heavy atom. The van der Waals surface area contributed by atoms with Gasteiger partial charge in [-0.2, -0.15) is 5.10 Å². The number of anilines is 2. The average Bonchev–Trinajstić information content (AvgIpc) is 3.42. The van der Waals surface area contributed by atoms with Crippen molar-refractivity contribution in [2.75, 3.05) is 51.0 Å². The average molecular weight is 497 g/mol. The van der Waals surface area contributed by atoms with Crippen LogP contribution in [0.25, 0.3) is 16.9 Å². The fourth-order valence-corrected chi connectivity index (χ4v) is 4.34. The molecule has 0 unspecified atom stereocenters. The molecule has 5 rings (SSSR count). The number of nitrogens with one attached hydrogen (secondary N) is 1. The third kappa shape index (κ3) is 4.65. The minimum atomic E-state index is -0.439. The number of aromatic nitrogens is 5. The maximum absolute atomic E-state index is 13.3. The molecule has 0 atom stereocenters. The number of nitrogens with two attached hydrogens (primary N) is 1. The van der Waals surface area contributed by atoms with Gasteiger partial charge in [0.05, 0.1) is 44.4 Å². The van der Waals surface area contributed by atoms with E-state index < -0.39 is 5.91 Å². The van der Waals surface area contributed by atoms with E-state index in [1.807, 2.05) is 4.68 Å². The Morgan fingerprint density at radius 3 is 2.91 bits per heavy atom. The van der Waals surface area contributed by atoms with Gasteiger partial charge in [0.1, 0.15) is 11.3 Å². The molecule has 1 aliphatic rings. The van der Waals surface area contributed by atoms with Crippen LogP contribution in [0.15, 0.2) is 42.9 Å². The van der Waals surface area contributed by atoms with Gasteiger partial charge in [-0.05, 0) is 24.3 Å². The van der Waals surface area contributed by atoms with Crippen LogP contribution in [-0.2, 0) is 11.3 Å². The number of nitrogen functional groups attached to an aromatic ring is 1. The van der Waals surface area contributed by atoms with Gasteiger partial charge in [0, 0.05) is 42.6 Å². The van der Waals surface area contributed by atoms with Gasteiger partial charge in [-0.1, -0.05) is 11.6 Å². The topological polar surface area (TPSA) is 125 Å². The second kappa shape index (κ2) is 9.90. The maximum Gasteiger partial charge on any atom is 0.263 e. The van der Waals surface area contributed by atoms with E-state index in [2.05, 4.69) is 25.4 Å².